The molecule has 0 unspecified atom stereocenters. The van der Waals surface area contributed by atoms with Crippen LogP contribution in [0.3, 0.4) is 0 Å². The highest BCUT2D eigenvalue weighted by Crippen LogP contribution is 2.33. The van der Waals surface area contributed by atoms with Crippen molar-refractivity contribution >= 4 is 38.9 Å². The topological polar surface area (TPSA) is 72.3 Å². The molecule has 1 fully saturated rings. The predicted octanol–water partition coefficient (Wildman–Crippen LogP) is 3.35. The number of rotatable bonds is 4. The summed E-state index contributed by atoms with van der Waals surface area (Å²) in [5.41, 5.74) is 2.35. The Hall–Kier alpha value is -2.80. The van der Waals surface area contributed by atoms with Crippen LogP contribution in [-0.2, 0) is 24.2 Å². The number of anilines is 1. The molecular formula is C22H21N3O3S. The maximum atomic E-state index is 13.0. The molecule has 3 heterocycles. The molecule has 0 saturated carbocycles. The van der Waals surface area contributed by atoms with E-state index in [1.54, 1.807) is 40.5 Å². The zero-order valence-corrected chi connectivity index (χ0v) is 16.8. The average molecular weight is 407 g/mol. The lowest BCUT2D eigenvalue weighted by Gasteiger charge is -2.15. The smallest absolute Gasteiger partial charge is 0.262 e. The van der Waals surface area contributed by atoms with Crippen LogP contribution in [0.1, 0.15) is 46.5 Å². The van der Waals surface area contributed by atoms with Crippen molar-refractivity contribution in [3.8, 4) is 0 Å². The molecule has 2 aromatic heterocycles. The molecule has 0 radical (unpaired) electrons. The molecule has 1 saturated heterocycles. The molecule has 7 heteroatoms. The van der Waals surface area contributed by atoms with Gasteiger partial charge in [-0.15, -0.1) is 11.3 Å². The summed E-state index contributed by atoms with van der Waals surface area (Å²) in [7, 11) is 0. The minimum absolute atomic E-state index is 0.0333. The summed E-state index contributed by atoms with van der Waals surface area (Å²) in [6.07, 6.45) is 7.11. The van der Waals surface area contributed by atoms with Gasteiger partial charge in [-0.05, 0) is 61.9 Å². The first-order valence-electron chi connectivity index (χ1n) is 10.0. The number of carbonyl (C=O) groups excluding carboxylic acids is 2. The molecule has 0 N–H and O–H groups in total. The van der Waals surface area contributed by atoms with Crippen molar-refractivity contribution in [2.45, 2.75) is 45.1 Å². The number of carbonyl (C=O) groups is 2. The van der Waals surface area contributed by atoms with Crippen molar-refractivity contribution in [1.82, 2.24) is 9.55 Å². The predicted molar refractivity (Wildman–Crippen MR) is 113 cm³/mol. The number of fused-ring (bicyclic) bond motifs is 3. The average Bonchev–Trinajstić information content (AvgIpc) is 3.33. The molecule has 6 nitrogen and oxygen atoms in total. The Morgan fingerprint density at radius 1 is 1.03 bits per heavy atom. The maximum absolute atomic E-state index is 13.0. The van der Waals surface area contributed by atoms with E-state index in [-0.39, 0.29) is 23.8 Å². The van der Waals surface area contributed by atoms with Gasteiger partial charge in [-0.2, -0.15) is 0 Å². The van der Waals surface area contributed by atoms with Crippen LogP contribution in [0.25, 0.3) is 10.2 Å². The van der Waals surface area contributed by atoms with Crippen LogP contribution in [0.4, 0.5) is 5.69 Å². The fourth-order valence-corrected chi connectivity index (χ4v) is 5.51. The van der Waals surface area contributed by atoms with Crippen molar-refractivity contribution in [3.05, 3.63) is 57.0 Å². The summed E-state index contributed by atoms with van der Waals surface area (Å²) in [6.45, 7) is 0.687. The van der Waals surface area contributed by atoms with Crippen LogP contribution in [-0.4, -0.2) is 27.8 Å². The number of nitrogens with zero attached hydrogens (tertiary/aromatic N) is 3. The second-order valence-corrected chi connectivity index (χ2v) is 8.77. The maximum Gasteiger partial charge on any atom is 0.262 e. The molecule has 0 spiro atoms. The standard InChI is InChI=1S/C22H21N3O3S/c26-17(14-7-9-15(10-8-14)25-11-3-6-19(25)27)12-24-13-23-21-20(22(24)28)16-4-1-2-5-18(16)29-21/h7-10,13H,1-6,11-12H2. The van der Waals surface area contributed by atoms with E-state index in [0.29, 0.717) is 17.4 Å². The van der Waals surface area contributed by atoms with Crippen LogP contribution < -0.4 is 10.5 Å². The SMILES string of the molecule is O=C(Cn1cnc2sc3c(c2c1=O)CCCC3)c1ccc(N2CCCC2=O)cc1. The lowest BCUT2D eigenvalue weighted by Crippen LogP contribution is -2.25. The fourth-order valence-electron chi connectivity index (χ4n) is 4.29. The Bertz CT molecular complexity index is 1180. The van der Waals surface area contributed by atoms with E-state index in [9.17, 15) is 14.4 Å². The van der Waals surface area contributed by atoms with Crippen LogP contribution in [0.5, 0.6) is 0 Å². The monoisotopic (exact) mass is 407 g/mol. The largest absolute Gasteiger partial charge is 0.312 e. The number of aromatic nitrogens is 2. The van der Waals surface area contributed by atoms with E-state index in [1.807, 2.05) is 0 Å². The number of ketones is 1. The molecule has 2 aliphatic rings. The lowest BCUT2D eigenvalue weighted by atomic mass is 9.97. The zero-order chi connectivity index (χ0) is 20.0. The van der Waals surface area contributed by atoms with Crippen LogP contribution >= 0.6 is 11.3 Å². The van der Waals surface area contributed by atoms with Crippen LogP contribution in [0.15, 0.2) is 35.4 Å². The summed E-state index contributed by atoms with van der Waals surface area (Å²) in [5, 5.41) is 0.697. The molecule has 0 atom stereocenters. The van der Waals surface area contributed by atoms with E-state index in [2.05, 4.69) is 4.98 Å². The van der Waals surface area contributed by atoms with Gasteiger partial charge in [0.2, 0.25) is 5.91 Å². The third-order valence-corrected chi connectivity index (χ3v) is 7.03. The normalized spacial score (nSPS) is 16.4. The number of thiophene rings is 1. The van der Waals surface area contributed by atoms with Gasteiger partial charge < -0.3 is 4.90 Å². The van der Waals surface area contributed by atoms with Gasteiger partial charge in [-0.3, -0.25) is 19.0 Å². The molecule has 148 valence electrons. The third-order valence-electron chi connectivity index (χ3n) is 5.83. The van der Waals surface area contributed by atoms with E-state index in [1.165, 1.54) is 15.8 Å². The second-order valence-electron chi connectivity index (χ2n) is 7.69. The molecular weight excluding hydrogens is 386 g/mol. The highest BCUT2D eigenvalue weighted by molar-refractivity contribution is 7.18. The number of hydrogen-bond donors (Lipinski definition) is 0. The fraction of sp³-hybridized carbons (Fsp3) is 0.364. The molecule has 1 aliphatic heterocycles. The van der Waals surface area contributed by atoms with E-state index in [0.717, 1.165) is 54.7 Å². The minimum atomic E-state index is -0.142. The molecule has 29 heavy (non-hydrogen) atoms. The molecule has 1 aromatic carbocycles. The number of amides is 1. The number of benzene rings is 1. The van der Waals surface area contributed by atoms with E-state index >= 15 is 0 Å². The van der Waals surface area contributed by atoms with Crippen LogP contribution in [0, 0.1) is 0 Å². The first-order chi connectivity index (χ1) is 14.1. The van der Waals surface area contributed by atoms with Gasteiger partial charge in [-0.1, -0.05) is 0 Å². The van der Waals surface area contributed by atoms with Gasteiger partial charge in [0, 0.05) is 29.1 Å². The Kier molecular flexibility index (Phi) is 4.54. The Balaban J connectivity index is 1.40. The third kappa shape index (κ3) is 3.19. The van der Waals surface area contributed by atoms with Gasteiger partial charge in [-0.25, -0.2) is 4.98 Å². The van der Waals surface area contributed by atoms with E-state index < -0.39 is 0 Å². The van der Waals surface area contributed by atoms with Gasteiger partial charge in [0.15, 0.2) is 5.78 Å². The molecule has 3 aromatic rings. The van der Waals surface area contributed by atoms with Crippen molar-refractivity contribution in [2.24, 2.45) is 0 Å². The number of hydrogen-bond acceptors (Lipinski definition) is 5. The lowest BCUT2D eigenvalue weighted by molar-refractivity contribution is -0.117. The molecule has 5 rings (SSSR count). The van der Waals surface area contributed by atoms with Gasteiger partial charge in [0.25, 0.3) is 5.56 Å². The summed E-state index contributed by atoms with van der Waals surface area (Å²) in [6, 6.07) is 7.06. The van der Waals surface area contributed by atoms with E-state index in [4.69, 9.17) is 0 Å². The number of aryl methyl sites for hydroxylation is 2. The van der Waals surface area contributed by atoms with Crippen LogP contribution in [0.2, 0.25) is 0 Å². The summed E-state index contributed by atoms with van der Waals surface area (Å²) in [4.78, 5) is 45.9. The first-order valence-corrected chi connectivity index (χ1v) is 10.9. The Morgan fingerprint density at radius 3 is 2.59 bits per heavy atom. The number of Topliss-reactive ketones (excluding diaryl/α,β-unsaturated/α-hetero) is 1. The van der Waals surface area contributed by atoms with Gasteiger partial charge in [0.1, 0.15) is 4.83 Å². The minimum Gasteiger partial charge on any atom is -0.312 e. The second kappa shape index (κ2) is 7.22. The highest BCUT2D eigenvalue weighted by atomic mass is 32.1. The summed E-state index contributed by atoms with van der Waals surface area (Å²) < 4.78 is 1.42. The summed E-state index contributed by atoms with van der Waals surface area (Å²) in [5.74, 6) is -0.0225. The molecule has 1 amide bonds. The van der Waals surface area contributed by atoms with Gasteiger partial charge in [0.05, 0.1) is 18.3 Å². The Labute approximate surface area is 171 Å². The first kappa shape index (κ1) is 18.2. The van der Waals surface area contributed by atoms with Crippen molar-refractivity contribution < 1.29 is 9.59 Å². The van der Waals surface area contributed by atoms with Crippen molar-refractivity contribution in [2.75, 3.05) is 11.4 Å². The zero-order valence-electron chi connectivity index (χ0n) is 16.0. The van der Waals surface area contributed by atoms with Crippen molar-refractivity contribution in [3.63, 3.8) is 0 Å². The molecule has 1 aliphatic carbocycles. The molecule has 0 bridgehead atoms. The van der Waals surface area contributed by atoms with Crippen molar-refractivity contribution in [1.29, 1.82) is 0 Å². The highest BCUT2D eigenvalue weighted by Gasteiger charge is 2.23. The Morgan fingerprint density at radius 2 is 1.83 bits per heavy atom. The quantitative estimate of drug-likeness (QED) is 0.622. The van der Waals surface area contributed by atoms with Gasteiger partial charge >= 0.3 is 0 Å². The summed E-state index contributed by atoms with van der Waals surface area (Å²) >= 11 is 1.61.